The Balaban J connectivity index is 3.15. The summed E-state index contributed by atoms with van der Waals surface area (Å²) in [7, 11) is 0. The predicted molar refractivity (Wildman–Crippen MR) is 60.8 cm³/mol. The Morgan fingerprint density at radius 2 is 1.75 bits per heavy atom. The molecule has 0 heterocycles. The molecule has 0 bridgehead atoms. The fourth-order valence-corrected chi connectivity index (χ4v) is 1.50. The molecule has 0 nitrogen and oxygen atoms in total. The Hall–Kier alpha value is 0.0900. The molecule has 0 aliphatic heterocycles. The maximum Gasteiger partial charge on any atom is 0.0115 e. The molecule has 0 aliphatic carbocycles. The molecule has 0 saturated carbocycles. The molecular weight excluding hydrogens is 164 g/mol. The molecule has 0 atom stereocenters. The minimum absolute atomic E-state index is 0.764. The number of hydrogen-bond donors (Lipinski definition) is 0. The van der Waals surface area contributed by atoms with E-state index in [0.29, 0.717) is 0 Å². The summed E-state index contributed by atoms with van der Waals surface area (Å²) >= 11 is 2.00. The van der Waals surface area contributed by atoms with Gasteiger partial charge >= 0.3 is 0 Å². The van der Waals surface area contributed by atoms with Crippen LogP contribution in [0.25, 0.3) is 0 Å². The van der Waals surface area contributed by atoms with Gasteiger partial charge in [0.2, 0.25) is 0 Å². The number of allylic oxidation sites excluding steroid dienone is 1. The summed E-state index contributed by atoms with van der Waals surface area (Å²) in [5.74, 6) is 2.02. The van der Waals surface area contributed by atoms with Crippen molar-refractivity contribution in [2.45, 2.75) is 45.8 Å². The highest BCUT2D eigenvalue weighted by molar-refractivity contribution is 7.99. The van der Waals surface area contributed by atoms with Crippen LogP contribution in [0.1, 0.15) is 40.5 Å². The zero-order chi connectivity index (χ0) is 9.40. The van der Waals surface area contributed by atoms with Gasteiger partial charge in [-0.1, -0.05) is 39.8 Å². The zero-order valence-electron chi connectivity index (χ0n) is 8.84. The summed E-state index contributed by atoms with van der Waals surface area (Å²) in [5.41, 5.74) is 0. The fraction of sp³-hybridized carbons (Fsp3) is 0.818. The highest BCUT2D eigenvalue weighted by atomic mass is 32.2. The summed E-state index contributed by atoms with van der Waals surface area (Å²) < 4.78 is 0. The molecule has 0 aliphatic rings. The van der Waals surface area contributed by atoms with Gasteiger partial charge in [0.25, 0.3) is 0 Å². The third-order valence-corrected chi connectivity index (χ3v) is 2.65. The van der Waals surface area contributed by atoms with E-state index < -0.39 is 0 Å². The van der Waals surface area contributed by atoms with Crippen molar-refractivity contribution in [2.24, 2.45) is 5.92 Å². The number of thioether (sulfide) groups is 1. The van der Waals surface area contributed by atoms with Crippen LogP contribution < -0.4 is 0 Å². The topological polar surface area (TPSA) is 0 Å². The normalized spacial score (nSPS) is 12.2. The van der Waals surface area contributed by atoms with E-state index in [4.69, 9.17) is 0 Å². The molecule has 1 heteroatoms. The largest absolute Gasteiger partial charge is 0.155 e. The monoisotopic (exact) mass is 186 g/mol. The minimum atomic E-state index is 0.764. The quantitative estimate of drug-likeness (QED) is 0.562. The first kappa shape index (κ1) is 12.1. The maximum absolute atomic E-state index is 2.31. The van der Waals surface area contributed by atoms with Crippen LogP contribution in [0.2, 0.25) is 0 Å². The average Bonchev–Trinajstić information content (AvgIpc) is 1.95. The third kappa shape index (κ3) is 10.1. The van der Waals surface area contributed by atoms with Gasteiger partial charge in [-0.15, -0.1) is 0 Å². The van der Waals surface area contributed by atoms with Crippen LogP contribution in [0.5, 0.6) is 0 Å². The molecule has 0 radical (unpaired) electrons. The minimum Gasteiger partial charge on any atom is -0.155 e. The molecule has 0 amide bonds. The van der Waals surface area contributed by atoms with Crippen LogP contribution in [0.3, 0.4) is 0 Å². The fourth-order valence-electron chi connectivity index (χ4n) is 0.863. The van der Waals surface area contributed by atoms with Gasteiger partial charge in [-0.2, -0.15) is 11.8 Å². The predicted octanol–water partition coefficient (Wildman–Crippen LogP) is 4.12. The Labute approximate surface area is 81.8 Å². The van der Waals surface area contributed by atoms with Crippen LogP contribution >= 0.6 is 11.8 Å². The summed E-state index contributed by atoms with van der Waals surface area (Å²) in [4.78, 5) is 0. The highest BCUT2D eigenvalue weighted by Gasteiger charge is 1.91. The first-order valence-electron chi connectivity index (χ1n) is 4.89. The Kier molecular flexibility index (Phi) is 7.78. The first-order valence-corrected chi connectivity index (χ1v) is 5.94. The van der Waals surface area contributed by atoms with Crippen molar-refractivity contribution in [1.82, 2.24) is 0 Å². The van der Waals surface area contributed by atoms with Gasteiger partial charge in [0.1, 0.15) is 0 Å². The van der Waals surface area contributed by atoms with Crippen LogP contribution in [0, 0.1) is 5.92 Å². The average molecular weight is 186 g/mol. The van der Waals surface area contributed by atoms with Crippen molar-refractivity contribution in [3.63, 3.8) is 0 Å². The van der Waals surface area contributed by atoms with E-state index in [1.165, 1.54) is 18.6 Å². The molecule has 0 N–H and O–H groups in total. The SMILES string of the molecule is CC(C)CC/C=C/CSC(C)C. The van der Waals surface area contributed by atoms with Gasteiger partial charge in [-0.3, -0.25) is 0 Å². The second kappa shape index (κ2) is 7.72. The van der Waals surface area contributed by atoms with Crippen LogP contribution in [-0.4, -0.2) is 11.0 Å². The lowest BCUT2D eigenvalue weighted by molar-refractivity contribution is 0.594. The van der Waals surface area contributed by atoms with E-state index in [2.05, 4.69) is 39.8 Å². The lowest BCUT2D eigenvalue weighted by Gasteiger charge is -2.00. The van der Waals surface area contributed by atoms with E-state index in [1.807, 2.05) is 11.8 Å². The van der Waals surface area contributed by atoms with Crippen molar-refractivity contribution in [3.05, 3.63) is 12.2 Å². The Morgan fingerprint density at radius 1 is 1.08 bits per heavy atom. The molecule has 72 valence electrons. The molecule has 12 heavy (non-hydrogen) atoms. The van der Waals surface area contributed by atoms with Gasteiger partial charge in [0, 0.05) is 5.75 Å². The zero-order valence-corrected chi connectivity index (χ0v) is 9.66. The summed E-state index contributed by atoms with van der Waals surface area (Å²) in [6.45, 7) is 9.03. The van der Waals surface area contributed by atoms with E-state index >= 15 is 0 Å². The highest BCUT2D eigenvalue weighted by Crippen LogP contribution is 2.09. The molecule has 0 aromatic heterocycles. The summed E-state index contributed by atoms with van der Waals surface area (Å²) in [6.07, 6.45) is 7.18. The lowest BCUT2D eigenvalue weighted by Crippen LogP contribution is -1.87. The van der Waals surface area contributed by atoms with E-state index in [-0.39, 0.29) is 0 Å². The first-order chi connectivity index (χ1) is 5.63. The van der Waals surface area contributed by atoms with Crippen LogP contribution in [0.4, 0.5) is 0 Å². The molecule has 0 unspecified atom stereocenters. The molecule has 0 saturated heterocycles. The van der Waals surface area contributed by atoms with Gasteiger partial charge in [-0.05, 0) is 24.0 Å². The van der Waals surface area contributed by atoms with Crippen LogP contribution in [-0.2, 0) is 0 Å². The van der Waals surface area contributed by atoms with Gasteiger partial charge in [0.15, 0.2) is 0 Å². The number of hydrogen-bond acceptors (Lipinski definition) is 1. The van der Waals surface area contributed by atoms with Crippen molar-refractivity contribution in [1.29, 1.82) is 0 Å². The summed E-state index contributed by atoms with van der Waals surface area (Å²) in [5, 5.41) is 0.764. The second-order valence-electron chi connectivity index (χ2n) is 3.82. The van der Waals surface area contributed by atoms with Gasteiger partial charge < -0.3 is 0 Å². The standard InChI is InChI=1S/C11H22S/c1-10(2)8-6-5-7-9-12-11(3)4/h5,7,10-11H,6,8-9H2,1-4H3/b7-5+. The van der Waals surface area contributed by atoms with E-state index in [9.17, 15) is 0 Å². The Morgan fingerprint density at radius 3 is 2.25 bits per heavy atom. The van der Waals surface area contributed by atoms with Crippen molar-refractivity contribution >= 4 is 11.8 Å². The van der Waals surface area contributed by atoms with Gasteiger partial charge in [0.05, 0.1) is 0 Å². The third-order valence-electron chi connectivity index (χ3n) is 1.60. The lowest BCUT2D eigenvalue weighted by atomic mass is 10.1. The van der Waals surface area contributed by atoms with Gasteiger partial charge in [-0.25, -0.2) is 0 Å². The summed E-state index contributed by atoms with van der Waals surface area (Å²) in [6, 6.07) is 0. The molecule has 0 fully saturated rings. The second-order valence-corrected chi connectivity index (χ2v) is 5.43. The van der Waals surface area contributed by atoms with E-state index in [1.54, 1.807) is 0 Å². The van der Waals surface area contributed by atoms with Crippen molar-refractivity contribution in [3.8, 4) is 0 Å². The molecule has 0 rings (SSSR count). The Bertz CT molecular complexity index is 100. The van der Waals surface area contributed by atoms with E-state index in [0.717, 1.165) is 11.2 Å². The molecular formula is C11H22S. The molecule has 0 aromatic carbocycles. The number of rotatable bonds is 6. The van der Waals surface area contributed by atoms with Crippen LogP contribution in [0.15, 0.2) is 12.2 Å². The molecule has 0 aromatic rings. The van der Waals surface area contributed by atoms with Crippen molar-refractivity contribution < 1.29 is 0 Å². The molecule has 0 spiro atoms. The smallest absolute Gasteiger partial charge is 0.0115 e. The maximum atomic E-state index is 2.31. The van der Waals surface area contributed by atoms with Crippen molar-refractivity contribution in [2.75, 3.05) is 5.75 Å².